The SMILES string of the molecule is CC=C(C)C(=O)O[C@H](C1=CC(C)(C)[C@H](CC(=O)OC)[C@@H](C)C1=O)[C@@]1(O)C(=O)CC[C@]2(C)C1=CC(=O)O[C@H]2c1ccoc1. The Morgan fingerprint density at radius 1 is 1.21 bits per heavy atom. The molecule has 1 N–H and O–H groups in total. The molecule has 1 aliphatic heterocycles. The van der Waals surface area contributed by atoms with E-state index in [0.717, 1.165) is 6.08 Å². The standard InChI is InChI=1S/C32H38O10/c1-8-17(2)29(37)42-28(20-15-30(4,5)21(13-24(34)39-7)18(3)26(20)36)32(38)22-14-25(35)41-27(19-10-12-40-16-19)31(22,6)11-9-23(32)33/h8,10,12,14-16,18,21,27-28,38H,9,11,13H2,1-7H3/t18-,21-,27+,28-,31-,32+/m1/s1. The van der Waals surface area contributed by atoms with E-state index in [0.29, 0.717) is 5.56 Å². The lowest BCUT2D eigenvalue weighted by Gasteiger charge is -2.52. The number of carbonyl (C=O) groups is 5. The van der Waals surface area contributed by atoms with Crippen LogP contribution in [0.2, 0.25) is 0 Å². The Balaban J connectivity index is 1.93. The maximum absolute atomic E-state index is 14.0. The van der Waals surface area contributed by atoms with Gasteiger partial charge in [0.15, 0.2) is 23.3 Å². The largest absolute Gasteiger partial charge is 0.472 e. The number of furan rings is 1. The van der Waals surface area contributed by atoms with Gasteiger partial charge < -0.3 is 23.7 Å². The van der Waals surface area contributed by atoms with Crippen molar-refractivity contribution < 1.29 is 47.7 Å². The van der Waals surface area contributed by atoms with Crippen LogP contribution in [-0.2, 0) is 38.2 Å². The van der Waals surface area contributed by atoms with Gasteiger partial charge in [0.25, 0.3) is 0 Å². The van der Waals surface area contributed by atoms with Crippen LogP contribution in [0.25, 0.3) is 0 Å². The summed E-state index contributed by atoms with van der Waals surface area (Å²) in [5.41, 5.74) is -3.83. The van der Waals surface area contributed by atoms with Crippen molar-refractivity contribution >= 4 is 29.5 Å². The van der Waals surface area contributed by atoms with Gasteiger partial charge in [0, 0.05) is 47.0 Å². The molecule has 6 atom stereocenters. The van der Waals surface area contributed by atoms with E-state index in [1.54, 1.807) is 32.9 Å². The van der Waals surface area contributed by atoms with Crippen LogP contribution in [0.3, 0.4) is 0 Å². The molecule has 0 radical (unpaired) electrons. The van der Waals surface area contributed by atoms with E-state index >= 15 is 0 Å². The van der Waals surface area contributed by atoms with Crippen molar-refractivity contribution in [2.75, 3.05) is 7.11 Å². The van der Waals surface area contributed by atoms with Crippen molar-refractivity contribution in [3.05, 3.63) is 59.1 Å². The third-order valence-corrected chi connectivity index (χ3v) is 9.28. The van der Waals surface area contributed by atoms with Crippen LogP contribution in [0, 0.1) is 22.7 Å². The third kappa shape index (κ3) is 5.06. The number of hydrogen-bond acceptors (Lipinski definition) is 10. The van der Waals surface area contributed by atoms with Gasteiger partial charge in [0.05, 0.1) is 19.6 Å². The molecule has 10 heteroatoms. The summed E-state index contributed by atoms with van der Waals surface area (Å²) in [6.45, 7) is 10.2. The summed E-state index contributed by atoms with van der Waals surface area (Å²) in [5, 5.41) is 12.6. The van der Waals surface area contributed by atoms with Gasteiger partial charge in [-0.2, -0.15) is 0 Å². The molecule has 3 aliphatic rings. The Morgan fingerprint density at radius 2 is 1.90 bits per heavy atom. The van der Waals surface area contributed by atoms with E-state index in [9.17, 15) is 29.1 Å². The fourth-order valence-electron chi connectivity index (χ4n) is 6.64. The lowest BCUT2D eigenvalue weighted by atomic mass is 9.56. The summed E-state index contributed by atoms with van der Waals surface area (Å²) in [7, 11) is 1.27. The van der Waals surface area contributed by atoms with Crippen LogP contribution >= 0.6 is 0 Å². The highest BCUT2D eigenvalue weighted by molar-refractivity contribution is 6.04. The van der Waals surface area contributed by atoms with Crippen molar-refractivity contribution in [2.45, 2.75) is 78.6 Å². The molecule has 10 nitrogen and oxygen atoms in total. The minimum absolute atomic E-state index is 0.000439. The number of esters is 3. The molecule has 0 amide bonds. The molecule has 1 aromatic rings. The summed E-state index contributed by atoms with van der Waals surface area (Å²) in [5.74, 6) is -4.52. The van der Waals surface area contributed by atoms with Gasteiger partial charge in [-0.15, -0.1) is 0 Å². The molecule has 226 valence electrons. The van der Waals surface area contributed by atoms with Gasteiger partial charge in [-0.1, -0.05) is 39.8 Å². The predicted octanol–water partition coefficient (Wildman–Crippen LogP) is 4.13. The number of carbonyl (C=O) groups excluding carboxylic acids is 5. The number of aliphatic hydroxyl groups is 1. The van der Waals surface area contributed by atoms with Crippen LogP contribution in [-0.4, -0.2) is 53.4 Å². The number of rotatable bonds is 7. The van der Waals surface area contributed by atoms with Gasteiger partial charge in [-0.3, -0.25) is 14.4 Å². The molecule has 2 aliphatic carbocycles. The highest BCUT2D eigenvalue weighted by atomic mass is 16.6. The minimum Gasteiger partial charge on any atom is -0.472 e. The van der Waals surface area contributed by atoms with Crippen LogP contribution in [0.5, 0.6) is 0 Å². The third-order valence-electron chi connectivity index (χ3n) is 9.28. The molecular formula is C32H38O10. The second-order valence-electron chi connectivity index (χ2n) is 12.3. The fourth-order valence-corrected chi connectivity index (χ4v) is 6.64. The number of cyclic esters (lactones) is 1. The summed E-state index contributed by atoms with van der Waals surface area (Å²) in [4.78, 5) is 66.3. The molecule has 42 heavy (non-hydrogen) atoms. The Kier molecular flexibility index (Phi) is 8.25. The van der Waals surface area contributed by atoms with E-state index in [2.05, 4.69) is 0 Å². The van der Waals surface area contributed by atoms with E-state index in [4.69, 9.17) is 18.6 Å². The Hall–Kier alpha value is -3.79. The smallest absolute Gasteiger partial charge is 0.334 e. The molecule has 0 unspecified atom stereocenters. The highest BCUT2D eigenvalue weighted by Gasteiger charge is 2.64. The van der Waals surface area contributed by atoms with Crippen molar-refractivity contribution in [3.63, 3.8) is 0 Å². The highest BCUT2D eigenvalue weighted by Crippen LogP contribution is 2.58. The molecule has 0 bridgehead atoms. The van der Waals surface area contributed by atoms with Gasteiger partial charge in [0.2, 0.25) is 0 Å². The second-order valence-corrected chi connectivity index (χ2v) is 12.3. The molecule has 4 rings (SSSR count). The number of ketones is 2. The maximum atomic E-state index is 14.0. The first kappa shape index (κ1) is 31.2. The van der Waals surface area contributed by atoms with Crippen molar-refractivity contribution in [3.8, 4) is 0 Å². The van der Waals surface area contributed by atoms with Crippen LogP contribution in [0.15, 0.2) is 58.0 Å². The van der Waals surface area contributed by atoms with Gasteiger partial charge in [-0.05, 0) is 43.2 Å². The molecular weight excluding hydrogens is 544 g/mol. The van der Waals surface area contributed by atoms with Gasteiger partial charge in [-0.25, -0.2) is 9.59 Å². The minimum atomic E-state index is -2.56. The average Bonchev–Trinajstić information content (AvgIpc) is 3.49. The topological polar surface area (TPSA) is 146 Å². The zero-order valence-corrected chi connectivity index (χ0v) is 25.0. The van der Waals surface area contributed by atoms with Crippen LogP contribution in [0.4, 0.5) is 0 Å². The van der Waals surface area contributed by atoms with E-state index in [1.807, 2.05) is 13.8 Å². The van der Waals surface area contributed by atoms with Crippen molar-refractivity contribution in [1.82, 2.24) is 0 Å². The zero-order valence-electron chi connectivity index (χ0n) is 25.0. The summed E-state index contributed by atoms with van der Waals surface area (Å²) in [6, 6.07) is 1.63. The van der Waals surface area contributed by atoms with E-state index < -0.39 is 69.9 Å². The first-order chi connectivity index (χ1) is 19.6. The molecule has 1 saturated carbocycles. The predicted molar refractivity (Wildman–Crippen MR) is 148 cm³/mol. The lowest BCUT2D eigenvalue weighted by Crippen LogP contribution is -2.62. The van der Waals surface area contributed by atoms with Crippen LogP contribution < -0.4 is 0 Å². The van der Waals surface area contributed by atoms with Crippen LogP contribution in [0.1, 0.15) is 72.5 Å². The zero-order chi connectivity index (χ0) is 31.2. The number of methoxy groups -OCH3 is 1. The number of fused-ring (bicyclic) bond motifs is 1. The quantitative estimate of drug-likeness (QED) is 0.283. The fraction of sp³-hybridized carbons (Fsp3) is 0.531. The number of ether oxygens (including phenoxy) is 3. The van der Waals surface area contributed by atoms with Crippen molar-refractivity contribution in [1.29, 1.82) is 0 Å². The summed E-state index contributed by atoms with van der Waals surface area (Å²) >= 11 is 0. The van der Waals surface area contributed by atoms with Gasteiger partial charge in [0.1, 0.15) is 6.10 Å². The maximum Gasteiger partial charge on any atom is 0.334 e. The Morgan fingerprint density at radius 3 is 2.50 bits per heavy atom. The molecule has 1 fully saturated rings. The van der Waals surface area contributed by atoms with Gasteiger partial charge >= 0.3 is 17.9 Å². The van der Waals surface area contributed by atoms with E-state index in [1.165, 1.54) is 32.6 Å². The normalized spacial score (nSPS) is 31.8. The average molecular weight is 583 g/mol. The molecule has 0 aromatic carbocycles. The lowest BCUT2D eigenvalue weighted by molar-refractivity contribution is -0.173. The first-order valence-corrected chi connectivity index (χ1v) is 14.0. The Labute approximate surface area is 244 Å². The van der Waals surface area contributed by atoms with E-state index in [-0.39, 0.29) is 36.0 Å². The second kappa shape index (κ2) is 11.1. The molecule has 0 saturated heterocycles. The molecule has 0 spiro atoms. The summed E-state index contributed by atoms with van der Waals surface area (Å²) in [6.07, 6.45) is 4.35. The van der Waals surface area contributed by atoms with Crippen molar-refractivity contribution in [2.24, 2.45) is 22.7 Å². The Bertz CT molecular complexity index is 1390. The number of Topliss-reactive ketones (excluding diaryl/α,β-unsaturated/α-hetero) is 2. The summed E-state index contributed by atoms with van der Waals surface area (Å²) < 4.78 is 21.7. The molecule has 1 aromatic heterocycles. The molecule has 2 heterocycles. The number of allylic oxidation sites excluding steroid dienone is 2. The number of hydrogen-bond donors (Lipinski definition) is 1. The first-order valence-electron chi connectivity index (χ1n) is 14.0. The monoisotopic (exact) mass is 582 g/mol.